The van der Waals surface area contributed by atoms with Crippen LogP contribution in [-0.4, -0.2) is 37.3 Å². The van der Waals surface area contributed by atoms with Crippen molar-refractivity contribution in [2.24, 2.45) is 5.92 Å². The van der Waals surface area contributed by atoms with Crippen LogP contribution in [0.2, 0.25) is 0 Å². The van der Waals surface area contributed by atoms with E-state index in [0.29, 0.717) is 0 Å². The van der Waals surface area contributed by atoms with Crippen LogP contribution in [-0.2, 0) is 19.6 Å². The highest BCUT2D eigenvalue weighted by Gasteiger charge is 2.20. The minimum absolute atomic E-state index is 0.718. The number of piperidine rings is 1. The molecule has 1 aromatic carbocycles. The number of nitrogens with zero attached hydrogens (tertiary/aromatic N) is 5. The molecule has 1 atom stereocenters. The van der Waals surface area contributed by atoms with E-state index in [1.54, 1.807) is 0 Å². The third-order valence-corrected chi connectivity index (χ3v) is 5.31. The van der Waals surface area contributed by atoms with Crippen LogP contribution in [0.25, 0.3) is 0 Å². The molecule has 0 bridgehead atoms. The Hall–Kier alpha value is -2.40. The molecule has 136 valence electrons. The quantitative estimate of drug-likeness (QED) is 0.685. The molecule has 0 unspecified atom stereocenters. The summed E-state index contributed by atoms with van der Waals surface area (Å²) >= 11 is 0. The number of hydrogen-bond acceptors (Lipinski definition) is 3. The second-order valence-electron chi connectivity index (χ2n) is 7.39. The summed E-state index contributed by atoms with van der Waals surface area (Å²) in [5.74, 6) is 1.84. The zero-order valence-electron chi connectivity index (χ0n) is 15.5. The number of likely N-dealkylation sites (tertiary alicyclic amines) is 1. The smallest absolute Gasteiger partial charge is 0.105 e. The van der Waals surface area contributed by atoms with E-state index in [0.717, 1.165) is 31.4 Å². The van der Waals surface area contributed by atoms with Crippen molar-refractivity contribution in [2.45, 2.75) is 39.4 Å². The highest BCUT2D eigenvalue weighted by atomic mass is 15.3. The second kappa shape index (κ2) is 7.87. The molecule has 3 aromatic rings. The molecule has 0 spiro atoms. The molecule has 5 heteroatoms. The van der Waals surface area contributed by atoms with E-state index in [-0.39, 0.29) is 0 Å². The molecule has 0 radical (unpaired) electrons. The fraction of sp³-hybridized carbons (Fsp3) is 0.429. The highest BCUT2D eigenvalue weighted by Crippen LogP contribution is 2.21. The summed E-state index contributed by atoms with van der Waals surface area (Å²) in [7, 11) is 0. The topological polar surface area (TPSA) is 38.9 Å². The molecule has 0 saturated carbocycles. The van der Waals surface area contributed by atoms with E-state index in [1.807, 2.05) is 29.3 Å². The summed E-state index contributed by atoms with van der Waals surface area (Å²) in [5.41, 5.74) is 2.69. The molecular weight excluding hydrogens is 322 g/mol. The Morgan fingerprint density at radius 1 is 1.04 bits per heavy atom. The number of hydrogen-bond donors (Lipinski definition) is 0. The van der Waals surface area contributed by atoms with E-state index in [2.05, 4.69) is 56.9 Å². The molecule has 4 rings (SSSR count). The maximum atomic E-state index is 4.35. The first-order valence-electron chi connectivity index (χ1n) is 9.51. The van der Waals surface area contributed by atoms with Crippen molar-refractivity contribution >= 4 is 0 Å². The number of aromatic nitrogens is 4. The van der Waals surface area contributed by atoms with Gasteiger partial charge in [-0.2, -0.15) is 5.10 Å². The normalized spacial score (nSPS) is 18.3. The Morgan fingerprint density at radius 2 is 1.85 bits per heavy atom. The molecule has 1 aliphatic heterocycles. The fourth-order valence-corrected chi connectivity index (χ4v) is 3.91. The first kappa shape index (κ1) is 17.0. The van der Waals surface area contributed by atoms with Crippen LogP contribution in [0.15, 0.2) is 55.1 Å². The highest BCUT2D eigenvalue weighted by molar-refractivity contribution is 5.22. The summed E-state index contributed by atoms with van der Waals surface area (Å²) in [4.78, 5) is 6.95. The predicted octanol–water partition coefficient (Wildman–Crippen LogP) is 3.35. The molecule has 0 amide bonds. The predicted molar refractivity (Wildman–Crippen MR) is 103 cm³/mol. The van der Waals surface area contributed by atoms with Gasteiger partial charge in [0.1, 0.15) is 5.82 Å². The molecular formula is C21H27N5. The first-order chi connectivity index (χ1) is 12.8. The van der Waals surface area contributed by atoms with Crippen LogP contribution in [0.4, 0.5) is 0 Å². The lowest BCUT2D eigenvalue weighted by Crippen LogP contribution is -2.36. The van der Waals surface area contributed by atoms with Crippen LogP contribution in [0.3, 0.4) is 0 Å². The van der Waals surface area contributed by atoms with Crippen molar-refractivity contribution in [1.29, 1.82) is 0 Å². The van der Waals surface area contributed by atoms with Gasteiger partial charge in [0.15, 0.2) is 0 Å². The summed E-state index contributed by atoms with van der Waals surface area (Å²) in [6.45, 7) is 7.43. The van der Waals surface area contributed by atoms with Gasteiger partial charge >= 0.3 is 0 Å². The van der Waals surface area contributed by atoms with E-state index >= 15 is 0 Å². The van der Waals surface area contributed by atoms with Gasteiger partial charge in [-0.1, -0.05) is 24.3 Å². The van der Waals surface area contributed by atoms with Crippen molar-refractivity contribution in [3.63, 3.8) is 0 Å². The third-order valence-electron chi connectivity index (χ3n) is 5.31. The average Bonchev–Trinajstić information content (AvgIpc) is 3.30. The van der Waals surface area contributed by atoms with Crippen LogP contribution in [0, 0.1) is 12.8 Å². The van der Waals surface area contributed by atoms with E-state index < -0.39 is 0 Å². The Labute approximate surface area is 155 Å². The Balaban J connectivity index is 1.32. The Bertz CT molecular complexity index is 803. The number of imidazole rings is 1. The van der Waals surface area contributed by atoms with Crippen LogP contribution in [0.1, 0.15) is 29.8 Å². The molecule has 1 aliphatic rings. The van der Waals surface area contributed by atoms with Gasteiger partial charge in [0.2, 0.25) is 0 Å². The molecule has 5 nitrogen and oxygen atoms in total. The van der Waals surface area contributed by atoms with E-state index in [9.17, 15) is 0 Å². The second-order valence-corrected chi connectivity index (χ2v) is 7.39. The van der Waals surface area contributed by atoms with Crippen LogP contribution < -0.4 is 0 Å². The summed E-state index contributed by atoms with van der Waals surface area (Å²) in [5, 5.41) is 4.27. The van der Waals surface area contributed by atoms with Gasteiger partial charge in [0.25, 0.3) is 0 Å². The maximum Gasteiger partial charge on any atom is 0.105 e. The van der Waals surface area contributed by atoms with Gasteiger partial charge in [-0.15, -0.1) is 0 Å². The van der Waals surface area contributed by atoms with Crippen molar-refractivity contribution < 1.29 is 0 Å². The lowest BCUT2D eigenvalue weighted by atomic mass is 9.97. The average molecular weight is 349 g/mol. The first-order valence-corrected chi connectivity index (χ1v) is 9.51. The standard InChI is InChI=1S/C21H27N5/c1-18-22-10-13-25(18)16-21-4-2-11-24(15-21)14-19-5-7-20(8-6-19)17-26-12-3-9-23-26/h3,5-10,12-13,21H,2,4,11,14-17H2,1H3/t21-/m1/s1. The largest absolute Gasteiger partial charge is 0.335 e. The van der Waals surface area contributed by atoms with Gasteiger partial charge in [0, 0.05) is 44.4 Å². The third kappa shape index (κ3) is 4.22. The number of aryl methyl sites for hydroxylation is 1. The Kier molecular flexibility index (Phi) is 5.16. The Morgan fingerprint density at radius 3 is 2.54 bits per heavy atom. The molecule has 3 heterocycles. The van der Waals surface area contributed by atoms with Gasteiger partial charge in [-0.3, -0.25) is 9.58 Å². The van der Waals surface area contributed by atoms with Gasteiger partial charge in [-0.05, 0) is 49.4 Å². The van der Waals surface area contributed by atoms with Crippen LogP contribution >= 0.6 is 0 Å². The van der Waals surface area contributed by atoms with Crippen molar-refractivity contribution in [1.82, 2.24) is 24.2 Å². The SMILES string of the molecule is Cc1nccn1C[C@@H]1CCCN(Cc2ccc(Cn3cccn3)cc2)C1. The minimum Gasteiger partial charge on any atom is -0.335 e. The zero-order chi connectivity index (χ0) is 17.8. The van der Waals surface area contributed by atoms with Crippen molar-refractivity contribution in [3.8, 4) is 0 Å². The van der Waals surface area contributed by atoms with Gasteiger partial charge in [-0.25, -0.2) is 4.98 Å². The lowest BCUT2D eigenvalue weighted by Gasteiger charge is -2.33. The molecule has 1 saturated heterocycles. The maximum absolute atomic E-state index is 4.35. The molecule has 0 N–H and O–H groups in total. The summed E-state index contributed by atoms with van der Waals surface area (Å²) < 4.78 is 4.25. The van der Waals surface area contributed by atoms with Crippen LogP contribution in [0.5, 0.6) is 0 Å². The molecule has 26 heavy (non-hydrogen) atoms. The van der Waals surface area contributed by atoms with E-state index in [1.165, 1.54) is 37.1 Å². The zero-order valence-corrected chi connectivity index (χ0v) is 15.5. The molecule has 2 aromatic heterocycles. The van der Waals surface area contributed by atoms with Crippen molar-refractivity contribution in [3.05, 3.63) is 72.1 Å². The number of rotatable bonds is 6. The summed E-state index contributed by atoms with van der Waals surface area (Å²) in [6.07, 6.45) is 10.4. The minimum atomic E-state index is 0.718. The van der Waals surface area contributed by atoms with Gasteiger partial charge in [0.05, 0.1) is 6.54 Å². The van der Waals surface area contributed by atoms with Gasteiger partial charge < -0.3 is 4.57 Å². The molecule has 1 fully saturated rings. The number of benzene rings is 1. The lowest BCUT2D eigenvalue weighted by molar-refractivity contribution is 0.155. The molecule has 0 aliphatic carbocycles. The van der Waals surface area contributed by atoms with E-state index in [4.69, 9.17) is 0 Å². The van der Waals surface area contributed by atoms with Crippen molar-refractivity contribution in [2.75, 3.05) is 13.1 Å². The summed E-state index contributed by atoms with van der Waals surface area (Å²) in [6, 6.07) is 11.0. The monoisotopic (exact) mass is 349 g/mol. The fourth-order valence-electron chi connectivity index (χ4n) is 3.91.